The predicted octanol–water partition coefficient (Wildman–Crippen LogP) is 4.51. The van der Waals surface area contributed by atoms with Crippen LogP contribution in [0.4, 0.5) is 10.1 Å². The van der Waals surface area contributed by atoms with Crippen LogP contribution in [0, 0.1) is 5.82 Å². The lowest BCUT2D eigenvalue weighted by atomic mass is 10.00. The van der Waals surface area contributed by atoms with Crippen LogP contribution in [0.15, 0.2) is 42.5 Å². The molecular weight excluding hydrogens is 423 g/mol. The van der Waals surface area contributed by atoms with Crippen molar-refractivity contribution in [2.24, 2.45) is 0 Å². The first kappa shape index (κ1) is 23.5. The van der Waals surface area contributed by atoms with E-state index in [2.05, 4.69) is 70.3 Å². The van der Waals surface area contributed by atoms with Gasteiger partial charge in [-0.1, -0.05) is 30.3 Å². The summed E-state index contributed by atoms with van der Waals surface area (Å²) in [5.74, 6) is -0.117. The minimum atomic E-state index is -0.117. The summed E-state index contributed by atoms with van der Waals surface area (Å²) in [5, 5.41) is 3.80. The molecule has 0 atom stereocenters. The fourth-order valence-corrected chi connectivity index (χ4v) is 5.68. The fraction of sp³-hybridized carbons (Fsp3) is 0.517. The van der Waals surface area contributed by atoms with Gasteiger partial charge in [-0.3, -0.25) is 9.80 Å². The lowest BCUT2D eigenvalue weighted by molar-refractivity contribution is 0.108. The molecular formula is C29H39FN4. The highest BCUT2D eigenvalue weighted by Gasteiger charge is 2.23. The van der Waals surface area contributed by atoms with Crippen LogP contribution >= 0.6 is 0 Å². The largest absolute Gasteiger partial charge is 0.371 e. The molecule has 2 heterocycles. The third-order valence-electron chi connectivity index (χ3n) is 7.92. The average Bonchev–Trinajstić information content (AvgIpc) is 3.29. The van der Waals surface area contributed by atoms with Crippen molar-refractivity contribution in [1.29, 1.82) is 0 Å². The first-order valence-electron chi connectivity index (χ1n) is 13.1. The van der Waals surface area contributed by atoms with Crippen molar-refractivity contribution < 1.29 is 4.39 Å². The molecule has 3 aliphatic rings. The van der Waals surface area contributed by atoms with Gasteiger partial charge in [0.2, 0.25) is 0 Å². The highest BCUT2D eigenvalue weighted by atomic mass is 19.1. The van der Waals surface area contributed by atoms with Crippen LogP contribution in [0.5, 0.6) is 0 Å². The molecule has 0 aromatic heterocycles. The number of rotatable bonds is 7. The normalized spacial score (nSPS) is 20.1. The zero-order valence-electron chi connectivity index (χ0n) is 20.8. The zero-order chi connectivity index (χ0) is 23.5. The minimum Gasteiger partial charge on any atom is -0.371 e. The first-order chi connectivity index (χ1) is 16.6. The van der Waals surface area contributed by atoms with Gasteiger partial charge in [0.05, 0.1) is 0 Å². The molecule has 0 bridgehead atoms. The summed E-state index contributed by atoms with van der Waals surface area (Å²) < 4.78 is 14.8. The van der Waals surface area contributed by atoms with Gasteiger partial charge in [0.15, 0.2) is 0 Å². The Kier molecular flexibility index (Phi) is 7.33. The Morgan fingerprint density at radius 3 is 2.47 bits per heavy atom. The molecule has 34 heavy (non-hydrogen) atoms. The maximum atomic E-state index is 14.8. The summed E-state index contributed by atoms with van der Waals surface area (Å²) in [6.45, 7) is 13.6. The van der Waals surface area contributed by atoms with E-state index >= 15 is 0 Å². The monoisotopic (exact) mass is 462 g/mol. The van der Waals surface area contributed by atoms with Gasteiger partial charge in [0.1, 0.15) is 5.82 Å². The van der Waals surface area contributed by atoms with Crippen molar-refractivity contribution in [1.82, 2.24) is 15.1 Å². The Morgan fingerprint density at radius 1 is 0.971 bits per heavy atom. The Labute approximate surface area is 204 Å². The Morgan fingerprint density at radius 2 is 1.74 bits per heavy atom. The van der Waals surface area contributed by atoms with Crippen LogP contribution in [-0.4, -0.2) is 74.2 Å². The minimum absolute atomic E-state index is 0.117. The lowest BCUT2D eigenvalue weighted by Gasteiger charge is -2.38. The van der Waals surface area contributed by atoms with Crippen LogP contribution in [0.25, 0.3) is 11.6 Å². The smallest absolute Gasteiger partial charge is 0.130 e. The molecule has 2 saturated heterocycles. The number of hydrogen-bond acceptors (Lipinski definition) is 4. The van der Waals surface area contributed by atoms with Gasteiger partial charge in [0, 0.05) is 75.7 Å². The van der Waals surface area contributed by atoms with E-state index < -0.39 is 0 Å². The van der Waals surface area contributed by atoms with Gasteiger partial charge in [-0.2, -0.15) is 0 Å². The Balaban J connectivity index is 1.10. The molecule has 0 saturated carbocycles. The summed E-state index contributed by atoms with van der Waals surface area (Å²) in [5.41, 5.74) is 5.50. The Bertz CT molecular complexity index is 1000. The van der Waals surface area contributed by atoms with Crippen LogP contribution in [0.3, 0.4) is 0 Å². The van der Waals surface area contributed by atoms with Crippen LogP contribution < -0.4 is 10.2 Å². The molecule has 0 unspecified atom stereocenters. The predicted molar refractivity (Wildman–Crippen MR) is 141 cm³/mol. The fourth-order valence-electron chi connectivity index (χ4n) is 5.68. The number of piperidine rings is 1. The number of benzene rings is 2. The number of halogens is 1. The van der Waals surface area contributed by atoms with Crippen LogP contribution in [-0.2, 0) is 6.42 Å². The molecule has 2 aromatic rings. The van der Waals surface area contributed by atoms with E-state index in [4.69, 9.17) is 0 Å². The van der Waals surface area contributed by atoms with Crippen LogP contribution in [0.2, 0.25) is 0 Å². The lowest BCUT2D eigenvalue weighted by Crippen LogP contribution is -2.51. The number of hydrogen-bond donors (Lipinski definition) is 1. The maximum absolute atomic E-state index is 14.8. The van der Waals surface area contributed by atoms with Gasteiger partial charge < -0.3 is 10.2 Å². The van der Waals surface area contributed by atoms with Crippen molar-refractivity contribution in [3.63, 3.8) is 0 Å². The van der Waals surface area contributed by atoms with Gasteiger partial charge in [0.25, 0.3) is 0 Å². The summed E-state index contributed by atoms with van der Waals surface area (Å²) >= 11 is 0. The van der Waals surface area contributed by atoms with Crippen molar-refractivity contribution in [3.8, 4) is 0 Å². The van der Waals surface area contributed by atoms with E-state index in [9.17, 15) is 4.39 Å². The molecule has 5 rings (SSSR count). The molecule has 5 heteroatoms. The standard InChI is InChI=1S/C29H39FN4/c1-22(2)33-17-15-32(16-18-33)14-11-31-26-9-12-34(13-10-26)27-7-8-29(30)28(21-27)25-19-23-5-3-4-6-24(23)20-25/h3-8,19,21-22,26,31H,9-18,20H2,1-2H3. The number of anilines is 1. The Hall–Kier alpha value is -2.21. The maximum Gasteiger partial charge on any atom is 0.130 e. The summed E-state index contributed by atoms with van der Waals surface area (Å²) in [6, 6.07) is 15.3. The van der Waals surface area contributed by atoms with Gasteiger partial charge >= 0.3 is 0 Å². The van der Waals surface area contributed by atoms with E-state index in [1.807, 2.05) is 6.07 Å². The van der Waals surface area contributed by atoms with Crippen molar-refractivity contribution in [2.75, 3.05) is 57.3 Å². The van der Waals surface area contributed by atoms with Gasteiger partial charge in [-0.05, 0) is 68.0 Å². The van der Waals surface area contributed by atoms with Gasteiger partial charge in [-0.15, -0.1) is 0 Å². The van der Waals surface area contributed by atoms with E-state index in [1.165, 1.54) is 37.3 Å². The number of allylic oxidation sites excluding steroid dienone is 1. The van der Waals surface area contributed by atoms with Gasteiger partial charge in [-0.25, -0.2) is 4.39 Å². The highest BCUT2D eigenvalue weighted by molar-refractivity contribution is 5.89. The third-order valence-corrected chi connectivity index (χ3v) is 7.92. The highest BCUT2D eigenvalue weighted by Crippen LogP contribution is 2.34. The second-order valence-corrected chi connectivity index (χ2v) is 10.4. The molecule has 182 valence electrons. The van der Waals surface area contributed by atoms with Crippen molar-refractivity contribution >= 4 is 17.3 Å². The topological polar surface area (TPSA) is 21.8 Å². The molecule has 0 amide bonds. The molecule has 2 aromatic carbocycles. The molecule has 1 N–H and O–H groups in total. The van der Waals surface area contributed by atoms with E-state index in [1.54, 1.807) is 6.07 Å². The second-order valence-electron chi connectivity index (χ2n) is 10.4. The molecule has 2 fully saturated rings. The second kappa shape index (κ2) is 10.6. The SMILES string of the molecule is CC(C)N1CCN(CCNC2CCN(c3ccc(F)c(C4=Cc5ccccc5C4)c3)CC2)CC1. The summed E-state index contributed by atoms with van der Waals surface area (Å²) in [4.78, 5) is 7.59. The average molecular weight is 463 g/mol. The van der Waals surface area contributed by atoms with Crippen LogP contribution in [0.1, 0.15) is 43.4 Å². The van der Waals surface area contributed by atoms with E-state index in [-0.39, 0.29) is 5.82 Å². The van der Waals surface area contributed by atoms with Crippen molar-refractivity contribution in [2.45, 2.75) is 45.2 Å². The zero-order valence-corrected chi connectivity index (χ0v) is 20.8. The number of nitrogens with zero attached hydrogens (tertiary/aromatic N) is 3. The molecule has 1 aliphatic carbocycles. The van der Waals surface area contributed by atoms with E-state index in [0.717, 1.165) is 62.3 Å². The number of piperazine rings is 1. The van der Waals surface area contributed by atoms with Crippen molar-refractivity contribution in [3.05, 3.63) is 65.0 Å². The molecule has 4 nitrogen and oxygen atoms in total. The van der Waals surface area contributed by atoms with E-state index in [0.29, 0.717) is 12.1 Å². The number of nitrogens with one attached hydrogen (secondary N) is 1. The molecule has 0 spiro atoms. The summed E-state index contributed by atoms with van der Waals surface area (Å²) in [6.07, 6.45) is 5.25. The third kappa shape index (κ3) is 5.37. The molecule has 2 aliphatic heterocycles. The first-order valence-corrected chi connectivity index (χ1v) is 13.1. The number of fused-ring (bicyclic) bond motifs is 1. The quantitative estimate of drug-likeness (QED) is 0.654. The molecule has 0 radical (unpaired) electrons. The summed E-state index contributed by atoms with van der Waals surface area (Å²) in [7, 11) is 0.